The number of amides is 1. The van der Waals surface area contributed by atoms with Crippen molar-refractivity contribution < 1.29 is 18.3 Å². The second kappa shape index (κ2) is 5.54. The minimum absolute atomic E-state index is 0.0450. The van der Waals surface area contributed by atoms with Gasteiger partial charge in [0.15, 0.2) is 0 Å². The van der Waals surface area contributed by atoms with E-state index in [1.54, 1.807) is 4.90 Å². The van der Waals surface area contributed by atoms with Gasteiger partial charge in [0.05, 0.1) is 18.6 Å². The maximum Gasteiger partial charge on any atom is 0.261 e. The number of halogens is 2. The first-order valence-electron chi connectivity index (χ1n) is 5.39. The summed E-state index contributed by atoms with van der Waals surface area (Å²) in [6.45, 7) is 2.52. The standard InChI is InChI=1S/C10H18F2N2O2/c1-2-10(13)6-14(7-10)9(15)3-4-16-5-8(11)12/h8H,2-7,13H2,1H3. The van der Waals surface area contributed by atoms with E-state index < -0.39 is 13.0 Å². The number of rotatable bonds is 6. The van der Waals surface area contributed by atoms with Crippen LogP contribution in [-0.4, -0.2) is 49.1 Å². The number of nitrogens with two attached hydrogens (primary N) is 1. The highest BCUT2D eigenvalue weighted by atomic mass is 19.3. The molecule has 16 heavy (non-hydrogen) atoms. The van der Waals surface area contributed by atoms with Crippen LogP contribution in [0.25, 0.3) is 0 Å². The second-order valence-corrected chi connectivity index (χ2v) is 4.18. The maximum atomic E-state index is 11.7. The van der Waals surface area contributed by atoms with Gasteiger partial charge in [-0.15, -0.1) is 0 Å². The van der Waals surface area contributed by atoms with E-state index in [-0.39, 0.29) is 24.5 Å². The molecule has 0 aromatic heterocycles. The van der Waals surface area contributed by atoms with Crippen molar-refractivity contribution in [2.45, 2.75) is 31.7 Å². The number of nitrogens with zero attached hydrogens (tertiary/aromatic N) is 1. The predicted octanol–water partition coefficient (Wildman–Crippen LogP) is 0.608. The zero-order valence-corrected chi connectivity index (χ0v) is 9.42. The molecule has 6 heteroatoms. The molecule has 0 spiro atoms. The third-order valence-corrected chi connectivity index (χ3v) is 2.77. The smallest absolute Gasteiger partial charge is 0.261 e. The van der Waals surface area contributed by atoms with Crippen molar-refractivity contribution in [3.05, 3.63) is 0 Å². The van der Waals surface area contributed by atoms with Crippen LogP contribution < -0.4 is 5.73 Å². The number of carbonyl (C=O) groups is 1. The van der Waals surface area contributed by atoms with Crippen molar-refractivity contribution in [2.24, 2.45) is 5.73 Å². The van der Waals surface area contributed by atoms with Crippen molar-refractivity contribution in [1.29, 1.82) is 0 Å². The molecule has 1 saturated heterocycles. The summed E-state index contributed by atoms with van der Waals surface area (Å²) in [4.78, 5) is 13.1. The molecule has 1 aliphatic heterocycles. The van der Waals surface area contributed by atoms with E-state index in [1.165, 1.54) is 0 Å². The molecule has 0 atom stereocenters. The van der Waals surface area contributed by atoms with Crippen molar-refractivity contribution in [3.8, 4) is 0 Å². The molecule has 0 bridgehead atoms. The van der Waals surface area contributed by atoms with E-state index >= 15 is 0 Å². The Hall–Kier alpha value is -0.750. The van der Waals surface area contributed by atoms with Gasteiger partial charge in [0.1, 0.15) is 6.61 Å². The Morgan fingerprint density at radius 1 is 1.56 bits per heavy atom. The van der Waals surface area contributed by atoms with Gasteiger partial charge >= 0.3 is 0 Å². The molecule has 0 aromatic rings. The van der Waals surface area contributed by atoms with E-state index in [1.807, 2.05) is 6.92 Å². The van der Waals surface area contributed by atoms with Crippen molar-refractivity contribution in [2.75, 3.05) is 26.3 Å². The van der Waals surface area contributed by atoms with Gasteiger partial charge in [-0.05, 0) is 6.42 Å². The van der Waals surface area contributed by atoms with Crippen LogP contribution in [0.4, 0.5) is 8.78 Å². The summed E-state index contributed by atoms with van der Waals surface area (Å²) in [5, 5.41) is 0. The van der Waals surface area contributed by atoms with Gasteiger partial charge in [0.25, 0.3) is 6.43 Å². The van der Waals surface area contributed by atoms with Crippen molar-refractivity contribution in [1.82, 2.24) is 4.90 Å². The third kappa shape index (κ3) is 3.68. The van der Waals surface area contributed by atoms with Gasteiger partial charge in [-0.1, -0.05) is 6.92 Å². The first-order chi connectivity index (χ1) is 7.47. The summed E-state index contributed by atoms with van der Waals surface area (Å²) in [6, 6.07) is 0. The number of likely N-dealkylation sites (tertiary alicyclic amines) is 1. The lowest BCUT2D eigenvalue weighted by Crippen LogP contribution is -2.68. The zero-order chi connectivity index (χ0) is 12.2. The molecule has 1 rings (SSSR count). The Bertz CT molecular complexity index is 243. The molecule has 0 aromatic carbocycles. The first kappa shape index (κ1) is 13.3. The number of ether oxygens (including phenoxy) is 1. The first-order valence-corrected chi connectivity index (χ1v) is 5.39. The molecule has 2 N–H and O–H groups in total. The Balaban J connectivity index is 2.09. The molecule has 1 fully saturated rings. The molecule has 0 unspecified atom stereocenters. The lowest BCUT2D eigenvalue weighted by atomic mass is 9.88. The minimum atomic E-state index is -2.48. The maximum absolute atomic E-state index is 11.7. The lowest BCUT2D eigenvalue weighted by molar-refractivity contribution is -0.140. The van der Waals surface area contributed by atoms with Gasteiger partial charge in [-0.3, -0.25) is 4.79 Å². The molecule has 0 radical (unpaired) electrons. The average molecular weight is 236 g/mol. The fourth-order valence-electron chi connectivity index (χ4n) is 1.60. The summed E-state index contributed by atoms with van der Waals surface area (Å²) in [5.74, 6) is -0.0798. The highest BCUT2D eigenvalue weighted by Gasteiger charge is 2.39. The van der Waals surface area contributed by atoms with Crippen LogP contribution >= 0.6 is 0 Å². The van der Waals surface area contributed by atoms with Gasteiger partial charge in [-0.25, -0.2) is 8.78 Å². The number of alkyl halides is 2. The van der Waals surface area contributed by atoms with Crippen LogP contribution in [0.5, 0.6) is 0 Å². The molecular weight excluding hydrogens is 218 g/mol. The topological polar surface area (TPSA) is 55.6 Å². The summed E-state index contributed by atoms with van der Waals surface area (Å²) in [7, 11) is 0. The fourth-order valence-corrected chi connectivity index (χ4v) is 1.60. The Morgan fingerprint density at radius 2 is 2.19 bits per heavy atom. The summed E-state index contributed by atoms with van der Waals surface area (Å²) >= 11 is 0. The number of hydrogen-bond donors (Lipinski definition) is 1. The largest absolute Gasteiger partial charge is 0.375 e. The monoisotopic (exact) mass is 236 g/mol. The Kier molecular flexibility index (Phi) is 4.61. The summed E-state index contributed by atoms with van der Waals surface area (Å²) in [5.41, 5.74) is 5.65. The molecule has 1 amide bonds. The second-order valence-electron chi connectivity index (χ2n) is 4.18. The number of hydrogen-bond acceptors (Lipinski definition) is 3. The molecule has 94 valence electrons. The average Bonchev–Trinajstić information content (AvgIpc) is 2.19. The molecule has 1 aliphatic rings. The van der Waals surface area contributed by atoms with E-state index in [9.17, 15) is 13.6 Å². The SMILES string of the molecule is CCC1(N)CN(C(=O)CCOCC(F)F)C1. The van der Waals surface area contributed by atoms with Crippen molar-refractivity contribution in [3.63, 3.8) is 0 Å². The quantitative estimate of drug-likeness (QED) is 0.687. The van der Waals surface area contributed by atoms with Crippen molar-refractivity contribution >= 4 is 5.91 Å². The minimum Gasteiger partial charge on any atom is -0.375 e. The highest BCUT2D eigenvalue weighted by molar-refractivity contribution is 5.77. The van der Waals surface area contributed by atoms with Gasteiger partial charge in [-0.2, -0.15) is 0 Å². The highest BCUT2D eigenvalue weighted by Crippen LogP contribution is 2.21. The number of carbonyl (C=O) groups excluding carboxylic acids is 1. The Labute approximate surface area is 93.7 Å². The van der Waals surface area contributed by atoms with E-state index in [0.29, 0.717) is 13.1 Å². The van der Waals surface area contributed by atoms with Gasteiger partial charge in [0.2, 0.25) is 5.91 Å². The zero-order valence-electron chi connectivity index (χ0n) is 9.42. The lowest BCUT2D eigenvalue weighted by Gasteiger charge is -2.47. The van der Waals surface area contributed by atoms with Gasteiger partial charge in [0, 0.05) is 13.1 Å². The summed E-state index contributed by atoms with van der Waals surface area (Å²) < 4.78 is 28.0. The van der Waals surface area contributed by atoms with E-state index in [0.717, 1.165) is 6.42 Å². The molecule has 0 aliphatic carbocycles. The fraction of sp³-hybridized carbons (Fsp3) is 0.900. The molecule has 0 saturated carbocycles. The Morgan fingerprint density at radius 3 is 2.69 bits per heavy atom. The van der Waals surface area contributed by atoms with Gasteiger partial charge < -0.3 is 15.4 Å². The molecule has 1 heterocycles. The van der Waals surface area contributed by atoms with Crippen LogP contribution in [0, 0.1) is 0 Å². The van der Waals surface area contributed by atoms with Crippen LogP contribution in [0.1, 0.15) is 19.8 Å². The normalized spacial score (nSPS) is 18.7. The van der Waals surface area contributed by atoms with E-state index in [2.05, 4.69) is 4.74 Å². The van der Waals surface area contributed by atoms with Crippen LogP contribution in [0.3, 0.4) is 0 Å². The van der Waals surface area contributed by atoms with Crippen LogP contribution in [-0.2, 0) is 9.53 Å². The van der Waals surface area contributed by atoms with Crippen LogP contribution in [0.2, 0.25) is 0 Å². The van der Waals surface area contributed by atoms with E-state index in [4.69, 9.17) is 5.73 Å². The third-order valence-electron chi connectivity index (χ3n) is 2.77. The summed E-state index contributed by atoms with van der Waals surface area (Å²) in [6.07, 6.45) is -1.50. The van der Waals surface area contributed by atoms with Crippen LogP contribution in [0.15, 0.2) is 0 Å². The molecule has 4 nitrogen and oxygen atoms in total. The predicted molar refractivity (Wildman–Crippen MR) is 55.2 cm³/mol. The molecular formula is C10H18F2N2O2.